The Morgan fingerprint density at radius 2 is 2.12 bits per heavy atom. The number of carbonyl (C=O) groups excluding carboxylic acids is 1. The molecule has 1 atom stereocenters. The maximum absolute atomic E-state index is 12.3. The first kappa shape index (κ1) is 17.3. The third-order valence-electron chi connectivity index (χ3n) is 4.55. The van der Waals surface area contributed by atoms with E-state index in [0.29, 0.717) is 13.2 Å². The molecule has 0 spiro atoms. The summed E-state index contributed by atoms with van der Waals surface area (Å²) in [6, 6.07) is 8.00. The third-order valence-corrected chi connectivity index (χ3v) is 4.55. The molecule has 5 heteroatoms. The van der Waals surface area contributed by atoms with Crippen molar-refractivity contribution in [3.63, 3.8) is 0 Å². The van der Waals surface area contributed by atoms with Gasteiger partial charge in [-0.3, -0.25) is 4.98 Å². The molecule has 5 nitrogen and oxygen atoms in total. The maximum atomic E-state index is 12.3. The largest absolute Gasteiger partial charge is 0.493 e. The first-order valence-corrected chi connectivity index (χ1v) is 8.73. The van der Waals surface area contributed by atoms with E-state index in [-0.39, 0.29) is 12.1 Å². The average molecular weight is 339 g/mol. The van der Waals surface area contributed by atoms with Gasteiger partial charge in [-0.05, 0) is 37.5 Å². The van der Waals surface area contributed by atoms with E-state index in [2.05, 4.69) is 28.6 Å². The zero-order valence-electron chi connectivity index (χ0n) is 15.1. The van der Waals surface area contributed by atoms with Gasteiger partial charge in [-0.25, -0.2) is 4.79 Å². The van der Waals surface area contributed by atoms with Crippen LogP contribution in [0.25, 0.3) is 0 Å². The number of aryl methyl sites for hydroxylation is 3. The Bertz CT molecular complexity index is 774. The molecule has 0 unspecified atom stereocenters. The number of hydrogen-bond donors (Lipinski definition) is 2. The number of rotatable bonds is 4. The molecule has 0 aliphatic carbocycles. The van der Waals surface area contributed by atoms with Crippen molar-refractivity contribution in [3.8, 4) is 5.75 Å². The van der Waals surface area contributed by atoms with Crippen LogP contribution in [0.15, 0.2) is 30.5 Å². The van der Waals surface area contributed by atoms with Gasteiger partial charge < -0.3 is 15.4 Å². The first-order chi connectivity index (χ1) is 12.0. The highest BCUT2D eigenvalue weighted by Crippen LogP contribution is 2.34. The number of hydrogen-bond acceptors (Lipinski definition) is 3. The molecule has 1 aromatic carbocycles. The monoisotopic (exact) mass is 339 g/mol. The zero-order chi connectivity index (χ0) is 17.8. The van der Waals surface area contributed by atoms with Crippen LogP contribution in [0.4, 0.5) is 4.79 Å². The number of nitrogens with zero attached hydrogens (tertiary/aromatic N) is 1. The predicted octanol–water partition coefficient (Wildman–Crippen LogP) is 3.37. The summed E-state index contributed by atoms with van der Waals surface area (Å²) >= 11 is 0. The minimum Gasteiger partial charge on any atom is -0.493 e. The van der Waals surface area contributed by atoms with Crippen LogP contribution in [-0.4, -0.2) is 24.2 Å². The number of fused-ring (bicyclic) bond motifs is 1. The highest BCUT2D eigenvalue weighted by molar-refractivity contribution is 5.74. The second-order valence-corrected chi connectivity index (χ2v) is 6.61. The van der Waals surface area contributed by atoms with Crippen molar-refractivity contribution in [1.29, 1.82) is 0 Å². The van der Waals surface area contributed by atoms with Crippen LogP contribution in [-0.2, 0) is 6.42 Å². The molecular weight excluding hydrogens is 314 g/mol. The number of urea groups is 1. The van der Waals surface area contributed by atoms with Crippen molar-refractivity contribution < 1.29 is 9.53 Å². The third kappa shape index (κ3) is 4.10. The lowest BCUT2D eigenvalue weighted by Gasteiger charge is -2.27. The van der Waals surface area contributed by atoms with E-state index < -0.39 is 0 Å². The average Bonchev–Trinajstić information content (AvgIpc) is 2.58. The molecule has 2 amide bonds. The quantitative estimate of drug-likeness (QED) is 0.898. The molecule has 1 aromatic heterocycles. The number of carbonyl (C=O) groups is 1. The highest BCUT2D eigenvalue weighted by atomic mass is 16.5. The van der Waals surface area contributed by atoms with E-state index >= 15 is 0 Å². The molecule has 2 aromatic rings. The van der Waals surface area contributed by atoms with Crippen molar-refractivity contribution in [3.05, 3.63) is 58.4 Å². The van der Waals surface area contributed by atoms with Crippen LogP contribution >= 0.6 is 0 Å². The molecule has 0 bridgehead atoms. The second-order valence-electron chi connectivity index (χ2n) is 6.61. The Labute approximate surface area is 148 Å². The van der Waals surface area contributed by atoms with Crippen LogP contribution < -0.4 is 15.4 Å². The summed E-state index contributed by atoms with van der Waals surface area (Å²) in [6.45, 7) is 7.29. The van der Waals surface area contributed by atoms with Gasteiger partial charge in [0.15, 0.2) is 0 Å². The SMILES string of the molecule is Cc1cnc(CCNC(=O)N[C@@H]2CCOc3c(C)cccc32)c(C)c1. The van der Waals surface area contributed by atoms with E-state index in [1.165, 1.54) is 0 Å². The number of nitrogens with one attached hydrogen (secondary N) is 2. The van der Waals surface area contributed by atoms with Gasteiger partial charge in [0.2, 0.25) is 0 Å². The zero-order valence-corrected chi connectivity index (χ0v) is 15.1. The van der Waals surface area contributed by atoms with Crippen LogP contribution in [0.1, 0.15) is 40.4 Å². The Balaban J connectivity index is 1.54. The van der Waals surface area contributed by atoms with Crippen molar-refractivity contribution in [2.24, 2.45) is 0 Å². The topological polar surface area (TPSA) is 63.2 Å². The van der Waals surface area contributed by atoms with Gasteiger partial charge >= 0.3 is 6.03 Å². The summed E-state index contributed by atoms with van der Waals surface area (Å²) in [6.07, 6.45) is 3.37. The molecule has 132 valence electrons. The number of ether oxygens (including phenoxy) is 1. The number of aromatic nitrogens is 1. The Morgan fingerprint density at radius 3 is 2.92 bits per heavy atom. The lowest BCUT2D eigenvalue weighted by atomic mass is 9.98. The number of benzene rings is 1. The molecular formula is C20H25N3O2. The molecule has 0 saturated carbocycles. The summed E-state index contributed by atoms with van der Waals surface area (Å²) in [5.74, 6) is 0.901. The first-order valence-electron chi connectivity index (χ1n) is 8.73. The van der Waals surface area contributed by atoms with Gasteiger partial charge in [0.05, 0.1) is 12.6 Å². The summed E-state index contributed by atoms with van der Waals surface area (Å²) in [7, 11) is 0. The fraction of sp³-hybridized carbons (Fsp3) is 0.400. The summed E-state index contributed by atoms with van der Waals surface area (Å²) in [4.78, 5) is 16.7. The van der Waals surface area contributed by atoms with Gasteiger partial charge in [-0.1, -0.05) is 24.3 Å². The van der Waals surface area contributed by atoms with Gasteiger partial charge in [0.1, 0.15) is 5.75 Å². The van der Waals surface area contributed by atoms with Gasteiger partial charge in [-0.2, -0.15) is 0 Å². The smallest absolute Gasteiger partial charge is 0.315 e. The summed E-state index contributed by atoms with van der Waals surface area (Å²) in [5, 5.41) is 6.00. The minimum atomic E-state index is -0.149. The lowest BCUT2D eigenvalue weighted by Crippen LogP contribution is -2.40. The van der Waals surface area contributed by atoms with Crippen LogP contribution in [0.2, 0.25) is 0 Å². The molecule has 0 radical (unpaired) electrons. The molecule has 25 heavy (non-hydrogen) atoms. The van der Waals surface area contributed by atoms with Gasteiger partial charge in [-0.15, -0.1) is 0 Å². The fourth-order valence-electron chi connectivity index (χ4n) is 3.24. The minimum absolute atomic E-state index is 0.0112. The van der Waals surface area contributed by atoms with Crippen LogP contribution in [0.5, 0.6) is 5.75 Å². The molecule has 0 fully saturated rings. The van der Waals surface area contributed by atoms with Gasteiger partial charge in [0.25, 0.3) is 0 Å². The summed E-state index contributed by atoms with van der Waals surface area (Å²) < 4.78 is 5.75. The molecule has 3 rings (SSSR count). The van der Waals surface area contributed by atoms with Crippen molar-refractivity contribution >= 4 is 6.03 Å². The molecule has 0 saturated heterocycles. The van der Waals surface area contributed by atoms with Crippen molar-refractivity contribution in [2.75, 3.05) is 13.2 Å². The Kier molecular flexibility index (Phi) is 5.22. The molecule has 1 aliphatic rings. The highest BCUT2D eigenvalue weighted by Gasteiger charge is 2.23. The van der Waals surface area contributed by atoms with E-state index in [4.69, 9.17) is 4.74 Å². The number of amides is 2. The Hall–Kier alpha value is -2.56. The molecule has 2 heterocycles. The van der Waals surface area contributed by atoms with E-state index in [9.17, 15) is 4.79 Å². The number of pyridine rings is 1. The predicted molar refractivity (Wildman–Crippen MR) is 98.0 cm³/mol. The van der Waals surface area contributed by atoms with Crippen molar-refractivity contribution in [1.82, 2.24) is 15.6 Å². The standard InChI is InChI=1S/C20H25N3O2/c1-13-11-15(3)17(22-12-13)7-9-21-20(24)23-18-8-10-25-19-14(2)5-4-6-16(18)19/h4-6,11-12,18H,7-10H2,1-3H3,(H2,21,23,24)/t18-/m1/s1. The van der Waals surface area contributed by atoms with E-state index in [1.807, 2.05) is 38.2 Å². The van der Waals surface area contributed by atoms with Gasteiger partial charge in [0, 0.05) is 36.8 Å². The molecule has 2 N–H and O–H groups in total. The van der Waals surface area contributed by atoms with Crippen molar-refractivity contribution in [2.45, 2.75) is 39.7 Å². The molecule has 1 aliphatic heterocycles. The normalized spacial score (nSPS) is 15.9. The number of para-hydroxylation sites is 1. The van der Waals surface area contributed by atoms with Crippen LogP contribution in [0.3, 0.4) is 0 Å². The van der Waals surface area contributed by atoms with E-state index in [0.717, 1.165) is 46.5 Å². The maximum Gasteiger partial charge on any atom is 0.315 e. The fourth-order valence-corrected chi connectivity index (χ4v) is 3.24. The van der Waals surface area contributed by atoms with E-state index in [1.54, 1.807) is 0 Å². The summed E-state index contributed by atoms with van der Waals surface area (Å²) in [5.41, 5.74) is 5.50. The lowest BCUT2D eigenvalue weighted by molar-refractivity contribution is 0.223. The van der Waals surface area contributed by atoms with Crippen LogP contribution in [0, 0.1) is 20.8 Å². The second kappa shape index (κ2) is 7.55. The Morgan fingerprint density at radius 1 is 1.28 bits per heavy atom.